The van der Waals surface area contributed by atoms with Crippen molar-refractivity contribution in [3.8, 4) is 0 Å². The van der Waals surface area contributed by atoms with E-state index in [0.717, 1.165) is 6.42 Å². The first-order chi connectivity index (χ1) is 10.7. The lowest BCUT2D eigenvalue weighted by Crippen LogP contribution is -2.36. The van der Waals surface area contributed by atoms with Crippen LogP contribution in [0, 0.1) is 0 Å². The number of nitrogens with zero attached hydrogens (tertiary/aromatic N) is 1. The van der Waals surface area contributed by atoms with Crippen molar-refractivity contribution in [3.63, 3.8) is 0 Å². The van der Waals surface area contributed by atoms with Crippen molar-refractivity contribution in [3.05, 3.63) is 0 Å². The molecule has 0 radical (unpaired) electrons. The van der Waals surface area contributed by atoms with Gasteiger partial charge in [-0.1, -0.05) is 64.7 Å². The molecule has 3 N–H and O–H groups in total. The number of hydrogen-bond acceptors (Lipinski definition) is 5. The van der Waals surface area contributed by atoms with Gasteiger partial charge < -0.3 is 20.1 Å². The fourth-order valence-electron chi connectivity index (χ4n) is 2.42. The third kappa shape index (κ3) is 14.7. The van der Waals surface area contributed by atoms with Gasteiger partial charge in [-0.15, -0.1) is 0 Å². The van der Waals surface area contributed by atoms with Crippen LogP contribution in [0.3, 0.4) is 0 Å². The smallest absolute Gasteiger partial charge is 0.0975 e. The third-order valence-electron chi connectivity index (χ3n) is 3.82. The molecule has 0 aliphatic heterocycles. The van der Waals surface area contributed by atoms with Gasteiger partial charge in [0.15, 0.2) is 0 Å². The van der Waals surface area contributed by atoms with Crippen molar-refractivity contribution < 1.29 is 20.1 Å². The number of rotatable bonds is 17. The Balaban J connectivity index is 3.19. The van der Waals surface area contributed by atoms with Crippen LogP contribution in [0.2, 0.25) is 0 Å². The molecule has 22 heavy (non-hydrogen) atoms. The second-order valence-corrected chi connectivity index (χ2v) is 6.05. The number of hydrogen-bond donors (Lipinski definition) is 3. The fourth-order valence-corrected chi connectivity index (χ4v) is 2.42. The highest BCUT2D eigenvalue weighted by Gasteiger charge is 2.09. The molecule has 1 atom stereocenters. The summed E-state index contributed by atoms with van der Waals surface area (Å²) in [6, 6.07) is 0. The predicted octanol–water partition coefficient (Wildman–Crippen LogP) is 2.49. The van der Waals surface area contributed by atoms with E-state index < -0.39 is 6.10 Å². The number of ether oxygens (including phenoxy) is 1. The Labute approximate surface area is 136 Å². The molecule has 0 heterocycles. The van der Waals surface area contributed by atoms with E-state index in [4.69, 9.17) is 14.9 Å². The van der Waals surface area contributed by atoms with Crippen LogP contribution in [0.4, 0.5) is 0 Å². The molecular formula is C17H37NO4. The van der Waals surface area contributed by atoms with Crippen LogP contribution in [-0.2, 0) is 4.74 Å². The lowest BCUT2D eigenvalue weighted by Gasteiger charge is -2.20. The molecule has 0 amide bonds. The summed E-state index contributed by atoms with van der Waals surface area (Å²) in [4.78, 5) is 1.34. The Hall–Kier alpha value is -0.200. The summed E-state index contributed by atoms with van der Waals surface area (Å²) < 4.78 is 5.42. The molecule has 0 saturated carbocycles. The second-order valence-electron chi connectivity index (χ2n) is 6.05. The summed E-state index contributed by atoms with van der Waals surface area (Å²) in [5.41, 5.74) is 0. The lowest BCUT2D eigenvalue weighted by molar-refractivity contribution is -0.0304. The van der Waals surface area contributed by atoms with E-state index in [9.17, 15) is 5.11 Å². The van der Waals surface area contributed by atoms with Crippen LogP contribution in [0.5, 0.6) is 0 Å². The average Bonchev–Trinajstić information content (AvgIpc) is 2.53. The minimum absolute atomic E-state index is 0.227. The van der Waals surface area contributed by atoms with Gasteiger partial charge in [-0.2, -0.15) is 0 Å². The Kier molecular flexibility index (Phi) is 17.0. The molecule has 0 aliphatic carbocycles. The van der Waals surface area contributed by atoms with E-state index >= 15 is 0 Å². The zero-order valence-electron chi connectivity index (χ0n) is 14.4. The molecular weight excluding hydrogens is 282 g/mol. The summed E-state index contributed by atoms with van der Waals surface area (Å²) in [7, 11) is 0. The van der Waals surface area contributed by atoms with Crippen molar-refractivity contribution in [2.45, 2.75) is 77.2 Å². The highest BCUT2D eigenvalue weighted by molar-refractivity contribution is 4.58. The molecule has 5 heteroatoms. The topological polar surface area (TPSA) is 73.2 Å². The quantitative estimate of drug-likeness (QED) is 0.284. The zero-order valence-corrected chi connectivity index (χ0v) is 14.4. The fraction of sp³-hybridized carbons (Fsp3) is 1.00. The van der Waals surface area contributed by atoms with E-state index in [0.29, 0.717) is 6.61 Å². The third-order valence-corrected chi connectivity index (χ3v) is 3.82. The Morgan fingerprint density at radius 3 is 1.82 bits per heavy atom. The van der Waals surface area contributed by atoms with Gasteiger partial charge in [0, 0.05) is 13.2 Å². The van der Waals surface area contributed by atoms with Gasteiger partial charge in [-0.05, 0) is 6.42 Å². The SMILES string of the molecule is CCCCCCCCCCCCOCC(O)CN(CO)CO. The largest absolute Gasteiger partial charge is 0.389 e. The van der Waals surface area contributed by atoms with E-state index in [-0.39, 0.29) is 26.6 Å². The lowest BCUT2D eigenvalue weighted by atomic mass is 10.1. The van der Waals surface area contributed by atoms with Gasteiger partial charge in [0.05, 0.1) is 26.2 Å². The van der Waals surface area contributed by atoms with Gasteiger partial charge in [-0.3, -0.25) is 4.90 Å². The molecule has 0 bridgehead atoms. The Morgan fingerprint density at radius 2 is 1.32 bits per heavy atom. The van der Waals surface area contributed by atoms with Crippen LogP contribution in [0.1, 0.15) is 71.1 Å². The molecule has 0 aliphatic rings. The normalized spacial score (nSPS) is 13.0. The molecule has 0 spiro atoms. The van der Waals surface area contributed by atoms with Crippen molar-refractivity contribution >= 4 is 0 Å². The molecule has 0 aromatic rings. The molecule has 1 unspecified atom stereocenters. The number of unbranched alkanes of at least 4 members (excludes halogenated alkanes) is 9. The van der Waals surface area contributed by atoms with Crippen LogP contribution >= 0.6 is 0 Å². The van der Waals surface area contributed by atoms with Gasteiger partial charge >= 0.3 is 0 Å². The summed E-state index contributed by atoms with van der Waals surface area (Å²) >= 11 is 0. The highest BCUT2D eigenvalue weighted by atomic mass is 16.5. The van der Waals surface area contributed by atoms with E-state index in [1.165, 1.54) is 62.7 Å². The number of aliphatic hydroxyl groups is 3. The van der Waals surface area contributed by atoms with Crippen LogP contribution < -0.4 is 0 Å². The second kappa shape index (κ2) is 17.2. The first kappa shape index (κ1) is 21.8. The van der Waals surface area contributed by atoms with Crippen LogP contribution in [0.25, 0.3) is 0 Å². The first-order valence-electron chi connectivity index (χ1n) is 8.94. The summed E-state index contributed by atoms with van der Waals surface area (Å²) in [6.45, 7) is 2.89. The van der Waals surface area contributed by atoms with Crippen molar-refractivity contribution in [2.24, 2.45) is 0 Å². The minimum atomic E-state index is -0.664. The van der Waals surface area contributed by atoms with Crippen LogP contribution in [-0.4, -0.2) is 59.5 Å². The van der Waals surface area contributed by atoms with Gasteiger partial charge in [0.25, 0.3) is 0 Å². The highest BCUT2D eigenvalue weighted by Crippen LogP contribution is 2.10. The zero-order chi connectivity index (χ0) is 16.5. The van der Waals surface area contributed by atoms with Crippen molar-refractivity contribution in [1.82, 2.24) is 4.90 Å². The molecule has 0 saturated heterocycles. The van der Waals surface area contributed by atoms with Crippen LogP contribution in [0.15, 0.2) is 0 Å². The standard InChI is InChI=1S/C17H37NO4/c1-2-3-4-5-6-7-8-9-10-11-12-22-14-17(21)13-18(15-19)16-20/h17,19-21H,2-16H2,1H3. The molecule has 134 valence electrons. The molecule has 0 aromatic heterocycles. The van der Waals surface area contributed by atoms with E-state index in [1.54, 1.807) is 0 Å². The molecule has 5 nitrogen and oxygen atoms in total. The van der Waals surface area contributed by atoms with Crippen molar-refractivity contribution in [2.75, 3.05) is 33.2 Å². The average molecular weight is 319 g/mol. The number of aliphatic hydroxyl groups excluding tert-OH is 3. The Bertz CT molecular complexity index is 213. The maximum Gasteiger partial charge on any atom is 0.0975 e. The Morgan fingerprint density at radius 1 is 0.818 bits per heavy atom. The van der Waals surface area contributed by atoms with Gasteiger partial charge in [-0.25, -0.2) is 0 Å². The monoisotopic (exact) mass is 319 g/mol. The summed E-state index contributed by atoms with van der Waals surface area (Å²) in [5, 5.41) is 27.4. The van der Waals surface area contributed by atoms with Gasteiger partial charge in [0.1, 0.15) is 0 Å². The minimum Gasteiger partial charge on any atom is -0.389 e. The summed E-state index contributed by atoms with van der Waals surface area (Å²) in [5.74, 6) is 0. The maximum absolute atomic E-state index is 9.65. The predicted molar refractivity (Wildman–Crippen MR) is 89.5 cm³/mol. The first-order valence-corrected chi connectivity index (χ1v) is 8.94. The maximum atomic E-state index is 9.65. The van der Waals surface area contributed by atoms with E-state index in [1.807, 2.05) is 0 Å². The molecule has 0 fully saturated rings. The summed E-state index contributed by atoms with van der Waals surface area (Å²) in [6.07, 6.45) is 12.3. The molecule has 0 rings (SSSR count). The van der Waals surface area contributed by atoms with E-state index in [2.05, 4.69) is 6.92 Å². The van der Waals surface area contributed by atoms with Gasteiger partial charge in [0.2, 0.25) is 0 Å². The van der Waals surface area contributed by atoms with Crippen molar-refractivity contribution in [1.29, 1.82) is 0 Å². The molecule has 0 aromatic carbocycles.